The fraction of sp³-hybridized carbons (Fsp3) is 0.231. The van der Waals surface area contributed by atoms with Crippen molar-refractivity contribution in [3.8, 4) is 11.5 Å². The highest BCUT2D eigenvalue weighted by Gasteiger charge is 2.46. The highest BCUT2D eigenvalue weighted by molar-refractivity contribution is 6.46. The number of hydrogen-bond acceptors (Lipinski definition) is 6. The number of aryl methyl sites for hydroxylation is 1. The average Bonchev–Trinajstić information content (AvgIpc) is 3.45. The maximum atomic E-state index is 13.2. The van der Waals surface area contributed by atoms with Crippen molar-refractivity contribution in [1.29, 1.82) is 0 Å². The molecular weight excluding hydrogens is 422 g/mol. The standard InChI is InChI=1S/C26H25NO6/c1-4-16-7-9-17(10-8-16)23-22(24(28)20-12-11-18(31-2)14-21(20)32-3)25(29)26(30)27(23)15-19-6-5-13-33-19/h5-14,23,28H,4,15H2,1-3H3/b24-22-. The molecule has 1 unspecified atom stereocenters. The fourth-order valence-electron chi connectivity index (χ4n) is 4.03. The van der Waals surface area contributed by atoms with E-state index in [9.17, 15) is 14.7 Å². The summed E-state index contributed by atoms with van der Waals surface area (Å²) in [6, 6.07) is 15.2. The molecule has 3 aromatic rings. The van der Waals surface area contributed by atoms with Crippen LogP contribution >= 0.6 is 0 Å². The Bertz CT molecular complexity index is 1190. The third-order valence-corrected chi connectivity index (χ3v) is 5.81. The lowest BCUT2D eigenvalue weighted by molar-refractivity contribution is -0.140. The van der Waals surface area contributed by atoms with Crippen molar-refractivity contribution < 1.29 is 28.6 Å². The number of rotatable bonds is 7. The lowest BCUT2D eigenvalue weighted by Crippen LogP contribution is -2.29. The van der Waals surface area contributed by atoms with E-state index in [0.29, 0.717) is 28.4 Å². The van der Waals surface area contributed by atoms with Gasteiger partial charge < -0.3 is 23.9 Å². The van der Waals surface area contributed by atoms with Gasteiger partial charge in [0.15, 0.2) is 0 Å². The second-order valence-corrected chi connectivity index (χ2v) is 7.67. The van der Waals surface area contributed by atoms with E-state index in [1.165, 1.54) is 25.4 Å². The smallest absolute Gasteiger partial charge is 0.296 e. The van der Waals surface area contributed by atoms with E-state index in [4.69, 9.17) is 13.9 Å². The third-order valence-electron chi connectivity index (χ3n) is 5.81. The van der Waals surface area contributed by atoms with Crippen LogP contribution in [0.15, 0.2) is 70.9 Å². The van der Waals surface area contributed by atoms with Crippen LogP contribution in [-0.4, -0.2) is 35.9 Å². The topological polar surface area (TPSA) is 89.2 Å². The van der Waals surface area contributed by atoms with Gasteiger partial charge in [0.1, 0.15) is 23.0 Å². The predicted molar refractivity (Wildman–Crippen MR) is 122 cm³/mol. The minimum Gasteiger partial charge on any atom is -0.507 e. The molecule has 1 saturated heterocycles. The summed E-state index contributed by atoms with van der Waals surface area (Å²) in [6.07, 6.45) is 2.37. The van der Waals surface area contributed by atoms with Crippen LogP contribution in [0.2, 0.25) is 0 Å². The zero-order valence-electron chi connectivity index (χ0n) is 18.7. The van der Waals surface area contributed by atoms with Gasteiger partial charge in [-0.05, 0) is 41.8 Å². The molecule has 170 valence electrons. The van der Waals surface area contributed by atoms with Crippen molar-refractivity contribution in [2.75, 3.05) is 14.2 Å². The molecule has 0 bridgehead atoms. The summed E-state index contributed by atoms with van der Waals surface area (Å²) in [4.78, 5) is 27.7. The van der Waals surface area contributed by atoms with E-state index in [2.05, 4.69) is 0 Å². The van der Waals surface area contributed by atoms with Gasteiger partial charge in [0, 0.05) is 6.07 Å². The molecule has 0 radical (unpaired) electrons. The van der Waals surface area contributed by atoms with Crippen LogP contribution < -0.4 is 9.47 Å². The molecule has 1 atom stereocenters. The second-order valence-electron chi connectivity index (χ2n) is 7.67. The predicted octanol–water partition coefficient (Wildman–Crippen LogP) is 4.48. The van der Waals surface area contributed by atoms with Gasteiger partial charge in [-0.15, -0.1) is 0 Å². The van der Waals surface area contributed by atoms with Crippen LogP contribution in [0.25, 0.3) is 5.76 Å². The van der Waals surface area contributed by atoms with Gasteiger partial charge in [-0.3, -0.25) is 9.59 Å². The largest absolute Gasteiger partial charge is 0.507 e. The van der Waals surface area contributed by atoms with Gasteiger partial charge in [-0.2, -0.15) is 0 Å². The number of likely N-dealkylation sites (tertiary alicyclic amines) is 1. The number of hydrogen-bond donors (Lipinski definition) is 1. The molecule has 1 amide bonds. The average molecular weight is 447 g/mol. The van der Waals surface area contributed by atoms with Crippen LogP contribution in [0.3, 0.4) is 0 Å². The molecule has 1 N–H and O–H groups in total. The Kier molecular flexibility index (Phi) is 6.22. The summed E-state index contributed by atoms with van der Waals surface area (Å²) in [5.74, 6) is -0.377. The van der Waals surface area contributed by atoms with Crippen LogP contribution in [0.1, 0.15) is 35.4 Å². The summed E-state index contributed by atoms with van der Waals surface area (Å²) < 4.78 is 16.1. The molecule has 1 fully saturated rings. The third kappa shape index (κ3) is 4.09. The molecule has 0 spiro atoms. The van der Waals surface area contributed by atoms with E-state index >= 15 is 0 Å². The van der Waals surface area contributed by atoms with E-state index in [0.717, 1.165) is 12.0 Å². The summed E-state index contributed by atoms with van der Waals surface area (Å²) >= 11 is 0. The summed E-state index contributed by atoms with van der Waals surface area (Å²) in [7, 11) is 2.98. The van der Waals surface area contributed by atoms with Crippen molar-refractivity contribution in [3.05, 3.63) is 88.9 Å². The number of benzene rings is 2. The first-order valence-corrected chi connectivity index (χ1v) is 10.6. The molecule has 1 aliphatic rings. The molecule has 0 aliphatic carbocycles. The minimum absolute atomic E-state index is 0.000675. The number of methoxy groups -OCH3 is 2. The molecule has 1 aliphatic heterocycles. The molecule has 2 heterocycles. The van der Waals surface area contributed by atoms with Crippen LogP contribution in [-0.2, 0) is 22.6 Å². The number of nitrogens with zero attached hydrogens (tertiary/aromatic N) is 1. The molecule has 2 aromatic carbocycles. The number of amides is 1. The Morgan fingerprint density at radius 1 is 1.06 bits per heavy atom. The van der Waals surface area contributed by atoms with Crippen LogP contribution in [0, 0.1) is 0 Å². The number of aliphatic hydroxyl groups excluding tert-OH is 1. The van der Waals surface area contributed by atoms with Crippen molar-refractivity contribution in [3.63, 3.8) is 0 Å². The Balaban J connectivity index is 1.88. The van der Waals surface area contributed by atoms with E-state index in [-0.39, 0.29) is 17.9 Å². The Labute approximate surface area is 191 Å². The number of carbonyl (C=O) groups is 2. The van der Waals surface area contributed by atoms with Gasteiger partial charge in [0.2, 0.25) is 0 Å². The summed E-state index contributed by atoms with van der Waals surface area (Å²) in [5, 5.41) is 11.3. The first-order valence-electron chi connectivity index (χ1n) is 10.6. The van der Waals surface area contributed by atoms with Gasteiger partial charge in [0.25, 0.3) is 11.7 Å². The summed E-state index contributed by atoms with van der Waals surface area (Å²) in [6.45, 7) is 2.14. The van der Waals surface area contributed by atoms with Gasteiger partial charge in [-0.1, -0.05) is 31.2 Å². The van der Waals surface area contributed by atoms with E-state index in [1.807, 2.05) is 31.2 Å². The minimum atomic E-state index is -0.784. The molecule has 0 saturated carbocycles. The summed E-state index contributed by atoms with van der Waals surface area (Å²) in [5.41, 5.74) is 2.13. The van der Waals surface area contributed by atoms with E-state index < -0.39 is 17.7 Å². The monoisotopic (exact) mass is 447 g/mol. The lowest BCUT2D eigenvalue weighted by atomic mass is 9.94. The van der Waals surface area contributed by atoms with Crippen molar-refractivity contribution in [2.45, 2.75) is 25.9 Å². The molecule has 1 aromatic heterocycles. The zero-order chi connectivity index (χ0) is 23.5. The van der Waals surface area contributed by atoms with Gasteiger partial charge >= 0.3 is 0 Å². The van der Waals surface area contributed by atoms with Gasteiger partial charge in [0.05, 0.1) is 44.2 Å². The normalized spacial score (nSPS) is 17.4. The molecule has 7 heteroatoms. The second kappa shape index (κ2) is 9.24. The number of ketones is 1. The molecule has 7 nitrogen and oxygen atoms in total. The van der Waals surface area contributed by atoms with Crippen molar-refractivity contribution in [1.82, 2.24) is 4.90 Å². The van der Waals surface area contributed by atoms with E-state index in [1.54, 1.807) is 30.3 Å². The number of furan rings is 1. The number of Topliss-reactive ketones (excluding diaryl/α,β-unsaturated/α-hetero) is 1. The molecule has 33 heavy (non-hydrogen) atoms. The Hall–Kier alpha value is -4.00. The number of ether oxygens (including phenoxy) is 2. The van der Waals surface area contributed by atoms with Crippen LogP contribution in [0.4, 0.5) is 0 Å². The first-order chi connectivity index (χ1) is 16.0. The Morgan fingerprint density at radius 2 is 1.82 bits per heavy atom. The fourth-order valence-corrected chi connectivity index (χ4v) is 4.03. The SMILES string of the molecule is CCc1ccc(C2/C(=C(/O)c3ccc(OC)cc3OC)C(=O)C(=O)N2Cc2ccco2)cc1. The highest BCUT2D eigenvalue weighted by Crippen LogP contribution is 2.42. The lowest BCUT2D eigenvalue weighted by Gasteiger charge is -2.25. The molecular formula is C26H25NO6. The highest BCUT2D eigenvalue weighted by atomic mass is 16.5. The first kappa shape index (κ1) is 22.2. The van der Waals surface area contributed by atoms with Crippen molar-refractivity contribution in [2.24, 2.45) is 0 Å². The quantitative estimate of drug-likeness (QED) is 0.326. The van der Waals surface area contributed by atoms with Crippen LogP contribution in [0.5, 0.6) is 11.5 Å². The maximum absolute atomic E-state index is 13.2. The van der Waals surface area contributed by atoms with Gasteiger partial charge in [-0.25, -0.2) is 0 Å². The Morgan fingerprint density at radius 3 is 2.42 bits per heavy atom. The molecule has 4 rings (SSSR count). The number of aliphatic hydroxyl groups is 1. The number of carbonyl (C=O) groups excluding carboxylic acids is 2. The van der Waals surface area contributed by atoms with Crippen molar-refractivity contribution >= 4 is 17.4 Å². The maximum Gasteiger partial charge on any atom is 0.296 e. The zero-order valence-corrected chi connectivity index (χ0v) is 18.7.